The van der Waals surface area contributed by atoms with Crippen molar-refractivity contribution in [3.8, 4) is 0 Å². The zero-order valence-electron chi connectivity index (χ0n) is 13.3. The van der Waals surface area contributed by atoms with E-state index in [9.17, 15) is 0 Å². The average molecular weight is 276 g/mol. The Kier molecular flexibility index (Phi) is 4.84. The van der Waals surface area contributed by atoms with Gasteiger partial charge in [0.15, 0.2) is 0 Å². The van der Waals surface area contributed by atoms with E-state index in [1.165, 1.54) is 19.3 Å². The standard InChI is InChI=1S/C16H28N4/c1-5-11-17-14-12(4)15(19-13(6-2)18-14)20-16(7-3)9-8-10-16/h5-11H2,1-4H3,(H2,17,18,19,20). The molecule has 0 aromatic carbocycles. The van der Waals surface area contributed by atoms with E-state index in [1.54, 1.807) is 0 Å². The maximum atomic E-state index is 4.71. The minimum atomic E-state index is 0.270. The number of hydrogen-bond acceptors (Lipinski definition) is 4. The molecule has 1 fully saturated rings. The van der Waals surface area contributed by atoms with Crippen LogP contribution in [-0.2, 0) is 6.42 Å². The van der Waals surface area contributed by atoms with E-state index in [0.29, 0.717) is 0 Å². The van der Waals surface area contributed by atoms with E-state index in [0.717, 1.165) is 48.8 Å². The summed E-state index contributed by atoms with van der Waals surface area (Å²) < 4.78 is 0. The Bertz CT molecular complexity index is 447. The predicted molar refractivity (Wildman–Crippen MR) is 85.4 cm³/mol. The summed E-state index contributed by atoms with van der Waals surface area (Å²) in [6, 6.07) is 0. The summed E-state index contributed by atoms with van der Waals surface area (Å²) in [4.78, 5) is 9.34. The van der Waals surface area contributed by atoms with Crippen molar-refractivity contribution < 1.29 is 0 Å². The first kappa shape index (κ1) is 15.1. The molecule has 2 N–H and O–H groups in total. The molecule has 0 spiro atoms. The monoisotopic (exact) mass is 276 g/mol. The van der Waals surface area contributed by atoms with Gasteiger partial charge in [0.2, 0.25) is 0 Å². The Balaban J connectivity index is 2.26. The van der Waals surface area contributed by atoms with Crippen LogP contribution in [0.4, 0.5) is 11.6 Å². The zero-order valence-corrected chi connectivity index (χ0v) is 13.3. The molecule has 4 nitrogen and oxygen atoms in total. The van der Waals surface area contributed by atoms with Crippen molar-refractivity contribution in [2.75, 3.05) is 17.2 Å². The van der Waals surface area contributed by atoms with E-state index in [2.05, 4.69) is 43.3 Å². The molecular formula is C16H28N4. The second kappa shape index (κ2) is 6.42. The number of aryl methyl sites for hydroxylation is 1. The largest absolute Gasteiger partial charge is 0.370 e. The summed E-state index contributed by atoms with van der Waals surface area (Å²) in [7, 11) is 0. The molecule has 0 bridgehead atoms. The lowest BCUT2D eigenvalue weighted by atomic mass is 9.75. The quantitative estimate of drug-likeness (QED) is 0.792. The number of rotatable bonds is 7. The number of nitrogens with one attached hydrogen (secondary N) is 2. The lowest BCUT2D eigenvalue weighted by molar-refractivity contribution is 0.268. The van der Waals surface area contributed by atoms with Gasteiger partial charge >= 0.3 is 0 Å². The van der Waals surface area contributed by atoms with Crippen molar-refractivity contribution in [3.63, 3.8) is 0 Å². The highest BCUT2D eigenvalue weighted by molar-refractivity contribution is 5.58. The van der Waals surface area contributed by atoms with Gasteiger partial charge in [-0.05, 0) is 39.0 Å². The minimum absolute atomic E-state index is 0.270. The molecule has 0 aliphatic heterocycles. The van der Waals surface area contributed by atoms with Crippen LogP contribution < -0.4 is 10.6 Å². The molecule has 1 aliphatic rings. The normalized spacial score (nSPS) is 16.6. The summed E-state index contributed by atoms with van der Waals surface area (Å²) in [6.45, 7) is 9.61. The molecule has 112 valence electrons. The first-order valence-electron chi connectivity index (χ1n) is 8.03. The fourth-order valence-corrected chi connectivity index (χ4v) is 2.68. The van der Waals surface area contributed by atoms with Gasteiger partial charge in [-0.15, -0.1) is 0 Å². The number of aromatic nitrogens is 2. The molecule has 1 saturated carbocycles. The maximum Gasteiger partial charge on any atom is 0.135 e. The van der Waals surface area contributed by atoms with Crippen LogP contribution in [0.5, 0.6) is 0 Å². The molecule has 1 aliphatic carbocycles. The molecule has 1 heterocycles. The van der Waals surface area contributed by atoms with Crippen LogP contribution in [0.2, 0.25) is 0 Å². The van der Waals surface area contributed by atoms with E-state index >= 15 is 0 Å². The number of nitrogens with zero attached hydrogens (tertiary/aromatic N) is 2. The van der Waals surface area contributed by atoms with Crippen LogP contribution in [0.1, 0.15) is 64.3 Å². The number of hydrogen-bond donors (Lipinski definition) is 2. The highest BCUT2D eigenvalue weighted by Crippen LogP contribution is 2.38. The first-order chi connectivity index (χ1) is 9.64. The molecular weight excluding hydrogens is 248 g/mol. The Labute approximate surface area is 122 Å². The van der Waals surface area contributed by atoms with Crippen LogP contribution in [0.25, 0.3) is 0 Å². The molecule has 1 aromatic rings. The lowest BCUT2D eigenvalue weighted by Crippen LogP contribution is -2.44. The molecule has 1 aromatic heterocycles. The van der Waals surface area contributed by atoms with E-state index in [1.807, 2.05) is 0 Å². The lowest BCUT2D eigenvalue weighted by Gasteiger charge is -2.42. The third-order valence-corrected chi connectivity index (χ3v) is 4.42. The van der Waals surface area contributed by atoms with E-state index < -0.39 is 0 Å². The Morgan fingerprint density at radius 1 is 1.10 bits per heavy atom. The van der Waals surface area contributed by atoms with Crippen molar-refractivity contribution in [3.05, 3.63) is 11.4 Å². The third kappa shape index (κ3) is 3.05. The fourth-order valence-electron chi connectivity index (χ4n) is 2.68. The summed E-state index contributed by atoms with van der Waals surface area (Å²) >= 11 is 0. The van der Waals surface area contributed by atoms with Crippen LogP contribution in [0.3, 0.4) is 0 Å². The molecule has 0 saturated heterocycles. The van der Waals surface area contributed by atoms with Gasteiger partial charge in [0.1, 0.15) is 17.5 Å². The highest BCUT2D eigenvalue weighted by atomic mass is 15.1. The predicted octanol–water partition coefficient (Wildman–Crippen LogP) is 3.91. The van der Waals surface area contributed by atoms with Gasteiger partial charge in [0, 0.05) is 24.1 Å². The van der Waals surface area contributed by atoms with E-state index in [4.69, 9.17) is 4.98 Å². The Morgan fingerprint density at radius 3 is 2.30 bits per heavy atom. The van der Waals surface area contributed by atoms with E-state index in [-0.39, 0.29) is 5.54 Å². The Morgan fingerprint density at radius 2 is 1.80 bits per heavy atom. The van der Waals surface area contributed by atoms with Gasteiger partial charge < -0.3 is 10.6 Å². The minimum Gasteiger partial charge on any atom is -0.370 e. The van der Waals surface area contributed by atoms with Gasteiger partial charge in [-0.3, -0.25) is 0 Å². The average Bonchev–Trinajstić information content (AvgIpc) is 2.43. The maximum absolute atomic E-state index is 4.71. The van der Waals surface area contributed by atoms with Crippen molar-refractivity contribution >= 4 is 11.6 Å². The van der Waals surface area contributed by atoms with Crippen molar-refractivity contribution in [1.29, 1.82) is 0 Å². The second-order valence-electron chi connectivity index (χ2n) is 5.85. The number of anilines is 2. The third-order valence-electron chi connectivity index (χ3n) is 4.42. The van der Waals surface area contributed by atoms with Crippen molar-refractivity contribution in [2.24, 2.45) is 0 Å². The molecule has 0 unspecified atom stereocenters. The summed E-state index contributed by atoms with van der Waals surface area (Å²) in [5, 5.41) is 7.14. The topological polar surface area (TPSA) is 49.8 Å². The summed E-state index contributed by atoms with van der Waals surface area (Å²) in [5.74, 6) is 2.94. The molecule has 0 atom stereocenters. The van der Waals surface area contributed by atoms with Gasteiger partial charge in [0.05, 0.1) is 0 Å². The van der Waals surface area contributed by atoms with Crippen molar-refractivity contribution in [2.45, 2.75) is 71.8 Å². The van der Waals surface area contributed by atoms with Gasteiger partial charge in [-0.2, -0.15) is 0 Å². The molecule has 0 radical (unpaired) electrons. The molecule has 0 amide bonds. The van der Waals surface area contributed by atoms with Gasteiger partial charge in [-0.1, -0.05) is 20.8 Å². The van der Waals surface area contributed by atoms with Gasteiger partial charge in [-0.25, -0.2) is 9.97 Å². The molecule has 20 heavy (non-hydrogen) atoms. The van der Waals surface area contributed by atoms with Crippen LogP contribution in [-0.4, -0.2) is 22.1 Å². The zero-order chi connectivity index (χ0) is 14.6. The first-order valence-corrected chi connectivity index (χ1v) is 8.03. The molecule has 4 heteroatoms. The highest BCUT2D eigenvalue weighted by Gasteiger charge is 2.35. The van der Waals surface area contributed by atoms with Crippen LogP contribution in [0, 0.1) is 6.92 Å². The van der Waals surface area contributed by atoms with Crippen LogP contribution >= 0.6 is 0 Å². The van der Waals surface area contributed by atoms with Crippen molar-refractivity contribution in [1.82, 2.24) is 9.97 Å². The summed E-state index contributed by atoms with van der Waals surface area (Å²) in [6.07, 6.45) is 6.97. The molecule has 2 rings (SSSR count). The van der Waals surface area contributed by atoms with Crippen LogP contribution in [0.15, 0.2) is 0 Å². The SMILES string of the molecule is CCCNc1nc(CC)nc(NC2(CC)CCC2)c1C. The Hall–Kier alpha value is -1.32. The fraction of sp³-hybridized carbons (Fsp3) is 0.750. The smallest absolute Gasteiger partial charge is 0.135 e. The second-order valence-corrected chi connectivity index (χ2v) is 5.85. The van der Waals surface area contributed by atoms with Gasteiger partial charge in [0.25, 0.3) is 0 Å². The summed E-state index contributed by atoms with van der Waals surface area (Å²) in [5.41, 5.74) is 1.42.